The highest BCUT2D eigenvalue weighted by atomic mass is 79.9. The van der Waals surface area contributed by atoms with Crippen molar-refractivity contribution in [1.82, 2.24) is 15.1 Å². The summed E-state index contributed by atoms with van der Waals surface area (Å²) >= 11 is 3.55. The Kier molecular flexibility index (Phi) is 4.61. The van der Waals surface area contributed by atoms with E-state index in [1.54, 1.807) is 7.11 Å². The van der Waals surface area contributed by atoms with Crippen LogP contribution in [0.1, 0.15) is 17.3 Å². The Morgan fingerprint density at radius 1 is 1.47 bits per heavy atom. The van der Waals surface area contributed by atoms with Gasteiger partial charge in [-0.15, -0.1) is 0 Å². The Morgan fingerprint density at radius 3 is 2.84 bits per heavy atom. The van der Waals surface area contributed by atoms with Crippen molar-refractivity contribution in [2.75, 3.05) is 14.2 Å². The van der Waals surface area contributed by atoms with Gasteiger partial charge in [0.1, 0.15) is 5.75 Å². The smallest absolute Gasteiger partial charge is 0.119 e. The first kappa shape index (κ1) is 14.1. The van der Waals surface area contributed by atoms with Gasteiger partial charge in [0.25, 0.3) is 0 Å². The van der Waals surface area contributed by atoms with Crippen LogP contribution in [0.25, 0.3) is 0 Å². The van der Waals surface area contributed by atoms with E-state index >= 15 is 0 Å². The fraction of sp³-hybridized carbons (Fsp3) is 0.357. The fourth-order valence-corrected chi connectivity index (χ4v) is 2.81. The van der Waals surface area contributed by atoms with Crippen LogP contribution in [-0.4, -0.2) is 23.9 Å². The molecule has 0 aliphatic rings. The summed E-state index contributed by atoms with van der Waals surface area (Å²) in [6.45, 7) is 0. The number of rotatable bonds is 5. The molecule has 0 fully saturated rings. The van der Waals surface area contributed by atoms with Crippen LogP contribution in [0, 0.1) is 0 Å². The Balaban J connectivity index is 2.24. The molecule has 1 aromatic carbocycles. The van der Waals surface area contributed by atoms with Gasteiger partial charge in [0, 0.05) is 7.05 Å². The van der Waals surface area contributed by atoms with Crippen LogP contribution >= 0.6 is 15.9 Å². The van der Waals surface area contributed by atoms with Crippen LogP contribution in [0.2, 0.25) is 0 Å². The van der Waals surface area contributed by atoms with Gasteiger partial charge in [-0.3, -0.25) is 4.68 Å². The van der Waals surface area contributed by atoms with Gasteiger partial charge in [0.05, 0.1) is 29.5 Å². The van der Waals surface area contributed by atoms with Gasteiger partial charge in [-0.05, 0) is 47.1 Å². The molecular weight excluding hydrogens is 306 g/mol. The molecule has 1 unspecified atom stereocenters. The molecule has 1 heterocycles. The number of nitrogens with zero attached hydrogens (tertiary/aromatic N) is 2. The van der Waals surface area contributed by atoms with Crippen LogP contribution < -0.4 is 10.1 Å². The highest BCUT2D eigenvalue weighted by Crippen LogP contribution is 2.26. The number of benzene rings is 1. The zero-order valence-electron chi connectivity index (χ0n) is 11.4. The minimum absolute atomic E-state index is 0.203. The maximum atomic E-state index is 5.26. The van der Waals surface area contributed by atoms with E-state index in [0.717, 1.165) is 22.3 Å². The summed E-state index contributed by atoms with van der Waals surface area (Å²) in [7, 11) is 5.60. The molecule has 0 aliphatic carbocycles. The minimum atomic E-state index is 0.203. The van der Waals surface area contributed by atoms with E-state index < -0.39 is 0 Å². The van der Waals surface area contributed by atoms with Gasteiger partial charge in [-0.25, -0.2) is 0 Å². The van der Waals surface area contributed by atoms with Gasteiger partial charge in [-0.1, -0.05) is 12.1 Å². The number of ether oxygens (including phenoxy) is 1. The monoisotopic (exact) mass is 323 g/mol. The van der Waals surface area contributed by atoms with Crippen molar-refractivity contribution in [2.45, 2.75) is 12.5 Å². The van der Waals surface area contributed by atoms with Crippen molar-refractivity contribution in [3.8, 4) is 5.75 Å². The molecule has 5 heteroatoms. The molecule has 0 saturated heterocycles. The van der Waals surface area contributed by atoms with Crippen LogP contribution in [0.15, 0.2) is 34.9 Å². The molecule has 0 radical (unpaired) electrons. The van der Waals surface area contributed by atoms with Gasteiger partial charge in [0.2, 0.25) is 0 Å². The maximum absolute atomic E-state index is 5.26. The van der Waals surface area contributed by atoms with Crippen molar-refractivity contribution < 1.29 is 4.74 Å². The standard InChI is InChI=1S/C14H18BrN3O/c1-16-13(14-12(15)9-17-18(14)2)8-10-5-4-6-11(7-10)19-3/h4-7,9,13,16H,8H2,1-3H3. The molecule has 102 valence electrons. The Bertz CT molecular complexity index is 534. The predicted molar refractivity (Wildman–Crippen MR) is 79.4 cm³/mol. The second kappa shape index (κ2) is 6.21. The van der Waals surface area contributed by atoms with Gasteiger partial charge in [-0.2, -0.15) is 5.10 Å². The minimum Gasteiger partial charge on any atom is -0.497 e. The van der Waals surface area contributed by atoms with Crippen molar-refractivity contribution >= 4 is 15.9 Å². The summed E-state index contributed by atoms with van der Waals surface area (Å²) in [6.07, 6.45) is 2.71. The first-order valence-electron chi connectivity index (χ1n) is 6.13. The topological polar surface area (TPSA) is 39.1 Å². The fourth-order valence-electron chi connectivity index (χ4n) is 2.18. The van der Waals surface area contributed by atoms with Gasteiger partial charge in [0.15, 0.2) is 0 Å². The molecule has 1 N–H and O–H groups in total. The highest BCUT2D eigenvalue weighted by molar-refractivity contribution is 9.10. The molecule has 19 heavy (non-hydrogen) atoms. The normalized spacial score (nSPS) is 12.4. The summed E-state index contributed by atoms with van der Waals surface area (Å²) < 4.78 is 8.18. The van der Waals surface area contributed by atoms with Crippen LogP contribution in [-0.2, 0) is 13.5 Å². The van der Waals surface area contributed by atoms with Gasteiger partial charge < -0.3 is 10.1 Å². The van der Waals surface area contributed by atoms with E-state index in [0.29, 0.717) is 0 Å². The number of aromatic nitrogens is 2. The molecule has 0 bridgehead atoms. The van der Waals surface area contributed by atoms with E-state index in [2.05, 4.69) is 38.5 Å². The number of methoxy groups -OCH3 is 1. The van der Waals surface area contributed by atoms with Crippen molar-refractivity contribution in [3.63, 3.8) is 0 Å². The molecule has 1 aromatic heterocycles. The lowest BCUT2D eigenvalue weighted by molar-refractivity contribution is 0.413. The first-order chi connectivity index (χ1) is 9.15. The van der Waals surface area contributed by atoms with E-state index in [1.807, 2.05) is 37.1 Å². The summed E-state index contributed by atoms with van der Waals surface area (Å²) in [5.41, 5.74) is 2.37. The summed E-state index contributed by atoms with van der Waals surface area (Å²) in [5.74, 6) is 0.886. The van der Waals surface area contributed by atoms with Crippen molar-refractivity contribution in [3.05, 3.63) is 46.2 Å². The zero-order valence-corrected chi connectivity index (χ0v) is 12.9. The first-order valence-corrected chi connectivity index (χ1v) is 6.92. The summed E-state index contributed by atoms with van der Waals surface area (Å²) in [5, 5.41) is 7.61. The quantitative estimate of drug-likeness (QED) is 0.919. The lowest BCUT2D eigenvalue weighted by atomic mass is 10.0. The number of halogens is 1. The van der Waals surface area contributed by atoms with Crippen molar-refractivity contribution in [2.24, 2.45) is 7.05 Å². The number of hydrogen-bond donors (Lipinski definition) is 1. The third-order valence-electron chi connectivity index (χ3n) is 3.19. The maximum Gasteiger partial charge on any atom is 0.119 e. The Morgan fingerprint density at radius 2 is 2.26 bits per heavy atom. The zero-order chi connectivity index (χ0) is 13.8. The molecule has 0 amide bonds. The molecule has 0 spiro atoms. The molecule has 1 atom stereocenters. The van der Waals surface area contributed by atoms with Crippen LogP contribution in [0.4, 0.5) is 0 Å². The number of nitrogens with one attached hydrogen (secondary N) is 1. The average molecular weight is 324 g/mol. The lowest BCUT2D eigenvalue weighted by Gasteiger charge is -2.17. The number of aryl methyl sites for hydroxylation is 1. The molecule has 2 rings (SSSR count). The van der Waals surface area contributed by atoms with E-state index in [9.17, 15) is 0 Å². The molecule has 0 aliphatic heterocycles. The summed E-state index contributed by atoms with van der Waals surface area (Å²) in [4.78, 5) is 0. The Hall–Kier alpha value is -1.33. The third kappa shape index (κ3) is 3.16. The summed E-state index contributed by atoms with van der Waals surface area (Å²) in [6, 6.07) is 8.34. The van der Waals surface area contributed by atoms with E-state index in [-0.39, 0.29) is 6.04 Å². The second-order valence-corrected chi connectivity index (χ2v) is 5.25. The molecule has 2 aromatic rings. The van der Waals surface area contributed by atoms with Crippen molar-refractivity contribution in [1.29, 1.82) is 0 Å². The second-order valence-electron chi connectivity index (χ2n) is 4.40. The number of hydrogen-bond acceptors (Lipinski definition) is 3. The number of likely N-dealkylation sites (N-methyl/N-ethyl adjacent to an activating group) is 1. The molecule has 0 saturated carbocycles. The highest BCUT2D eigenvalue weighted by Gasteiger charge is 2.17. The lowest BCUT2D eigenvalue weighted by Crippen LogP contribution is -2.22. The van der Waals surface area contributed by atoms with Crippen LogP contribution in [0.3, 0.4) is 0 Å². The predicted octanol–water partition coefficient (Wildman–Crippen LogP) is 2.69. The Labute approximate surface area is 121 Å². The van der Waals surface area contributed by atoms with E-state index in [4.69, 9.17) is 4.74 Å². The molecular formula is C14H18BrN3O. The third-order valence-corrected chi connectivity index (χ3v) is 3.80. The van der Waals surface area contributed by atoms with E-state index in [1.165, 1.54) is 5.56 Å². The largest absolute Gasteiger partial charge is 0.497 e. The molecule has 4 nitrogen and oxygen atoms in total. The van der Waals surface area contributed by atoms with Gasteiger partial charge >= 0.3 is 0 Å². The average Bonchev–Trinajstić information content (AvgIpc) is 2.76. The van der Waals surface area contributed by atoms with Crippen LogP contribution in [0.5, 0.6) is 5.75 Å². The SMILES string of the molecule is CNC(Cc1cccc(OC)c1)c1c(Br)cnn1C.